The summed E-state index contributed by atoms with van der Waals surface area (Å²) in [6, 6.07) is 0. The Kier molecular flexibility index (Phi) is 5.26. The predicted octanol–water partition coefficient (Wildman–Crippen LogP) is 0.848. The number of hydrogen-bond acceptors (Lipinski definition) is 7. The zero-order chi connectivity index (χ0) is 16.3. The Bertz CT molecular complexity index is 457. The van der Waals surface area contributed by atoms with Crippen LogP contribution >= 0.6 is 11.8 Å². The highest BCUT2D eigenvalue weighted by Crippen LogP contribution is 2.38. The van der Waals surface area contributed by atoms with Crippen LogP contribution in [0.4, 0.5) is 13.2 Å². The molecule has 1 atom stereocenters. The summed E-state index contributed by atoms with van der Waals surface area (Å²) in [5, 5.41) is 0. The second-order valence-electron chi connectivity index (χ2n) is 3.78. The summed E-state index contributed by atoms with van der Waals surface area (Å²) in [5.74, 6) is -4.71. The zero-order valence-corrected chi connectivity index (χ0v) is 11.7. The molecule has 0 spiro atoms. The van der Waals surface area contributed by atoms with Gasteiger partial charge in [0.1, 0.15) is 0 Å². The zero-order valence-electron chi connectivity index (χ0n) is 10.9. The van der Waals surface area contributed by atoms with Crippen LogP contribution in [0.2, 0.25) is 0 Å². The molecule has 1 aliphatic heterocycles. The first kappa shape index (κ1) is 17.3. The average Bonchev–Trinajstić information content (AvgIpc) is 2.45. The van der Waals surface area contributed by atoms with Crippen molar-refractivity contribution in [3.63, 3.8) is 0 Å². The SMILES string of the molecule is COC(=O)C1(C(=O)OC)SCC=CC1OC(=O)C(F)(F)F. The summed E-state index contributed by atoms with van der Waals surface area (Å²) in [6.07, 6.45) is -4.66. The molecule has 10 heteroatoms. The van der Waals surface area contributed by atoms with Crippen LogP contribution in [0.1, 0.15) is 0 Å². The molecule has 0 aromatic carbocycles. The van der Waals surface area contributed by atoms with Crippen LogP contribution in [0, 0.1) is 0 Å². The standard InChI is InChI=1S/C11H11F3O6S/c1-18-7(15)10(8(16)19-2)6(4-3-5-21-10)20-9(17)11(12,13)14/h3-4,6H,5H2,1-2H3. The molecule has 118 valence electrons. The highest BCUT2D eigenvalue weighted by Gasteiger charge is 2.59. The van der Waals surface area contributed by atoms with Crippen molar-refractivity contribution in [3.8, 4) is 0 Å². The second kappa shape index (κ2) is 6.37. The topological polar surface area (TPSA) is 78.9 Å². The van der Waals surface area contributed by atoms with Crippen molar-refractivity contribution in [2.45, 2.75) is 17.0 Å². The molecule has 0 aromatic heterocycles. The quantitative estimate of drug-likeness (QED) is 0.329. The largest absolute Gasteiger partial charge is 0.490 e. The third kappa shape index (κ3) is 3.31. The van der Waals surface area contributed by atoms with Crippen LogP contribution in [0.5, 0.6) is 0 Å². The van der Waals surface area contributed by atoms with Gasteiger partial charge in [-0.3, -0.25) is 0 Å². The molecule has 6 nitrogen and oxygen atoms in total. The van der Waals surface area contributed by atoms with Crippen LogP contribution < -0.4 is 0 Å². The number of alkyl halides is 3. The Morgan fingerprint density at radius 2 is 1.71 bits per heavy atom. The van der Waals surface area contributed by atoms with E-state index in [9.17, 15) is 27.6 Å². The molecule has 21 heavy (non-hydrogen) atoms. The van der Waals surface area contributed by atoms with Crippen LogP contribution in [0.3, 0.4) is 0 Å². The lowest BCUT2D eigenvalue weighted by atomic mass is 10.00. The van der Waals surface area contributed by atoms with Crippen LogP contribution in [-0.2, 0) is 28.6 Å². The fourth-order valence-corrected chi connectivity index (χ4v) is 2.78. The molecule has 0 amide bonds. The van der Waals surface area contributed by atoms with Crippen molar-refractivity contribution >= 4 is 29.7 Å². The van der Waals surface area contributed by atoms with Gasteiger partial charge in [0.2, 0.25) is 0 Å². The predicted molar refractivity (Wildman–Crippen MR) is 64.3 cm³/mol. The highest BCUT2D eigenvalue weighted by molar-refractivity contribution is 8.02. The number of carbonyl (C=O) groups excluding carboxylic acids is 3. The number of carbonyl (C=O) groups is 3. The van der Waals surface area contributed by atoms with Gasteiger partial charge in [0, 0.05) is 5.75 Å². The number of methoxy groups -OCH3 is 2. The van der Waals surface area contributed by atoms with Gasteiger partial charge in [-0.15, -0.1) is 11.8 Å². The molecule has 0 saturated carbocycles. The van der Waals surface area contributed by atoms with E-state index in [1.165, 1.54) is 6.08 Å². The number of rotatable bonds is 3. The molecular formula is C11H11F3O6S. The van der Waals surface area contributed by atoms with E-state index in [0.29, 0.717) is 11.8 Å². The van der Waals surface area contributed by atoms with E-state index < -0.39 is 34.9 Å². The molecule has 1 unspecified atom stereocenters. The van der Waals surface area contributed by atoms with Gasteiger partial charge in [0.25, 0.3) is 4.75 Å². The van der Waals surface area contributed by atoms with Crippen molar-refractivity contribution in [3.05, 3.63) is 12.2 Å². The van der Waals surface area contributed by atoms with Gasteiger partial charge >= 0.3 is 24.1 Å². The van der Waals surface area contributed by atoms with Gasteiger partial charge in [-0.2, -0.15) is 13.2 Å². The fourth-order valence-electron chi connectivity index (χ4n) is 1.62. The monoisotopic (exact) mass is 328 g/mol. The molecule has 1 heterocycles. The van der Waals surface area contributed by atoms with E-state index in [2.05, 4.69) is 14.2 Å². The molecule has 0 aliphatic carbocycles. The van der Waals surface area contributed by atoms with Gasteiger partial charge < -0.3 is 14.2 Å². The maximum absolute atomic E-state index is 12.3. The molecule has 0 fully saturated rings. The smallest absolute Gasteiger partial charge is 0.467 e. The van der Waals surface area contributed by atoms with Crippen molar-refractivity contribution < 1.29 is 41.8 Å². The van der Waals surface area contributed by atoms with Crippen LogP contribution in [0.25, 0.3) is 0 Å². The first-order chi connectivity index (χ1) is 9.70. The maximum atomic E-state index is 12.3. The summed E-state index contributed by atoms with van der Waals surface area (Å²) in [5.41, 5.74) is 0. The minimum Gasteiger partial charge on any atom is -0.467 e. The number of ether oxygens (including phenoxy) is 3. The average molecular weight is 328 g/mol. The first-order valence-corrected chi connectivity index (χ1v) is 6.44. The summed E-state index contributed by atoms with van der Waals surface area (Å²) >= 11 is 0.656. The number of halogens is 3. The lowest BCUT2D eigenvalue weighted by molar-refractivity contribution is -0.205. The third-order valence-electron chi connectivity index (χ3n) is 2.56. The van der Waals surface area contributed by atoms with Crippen molar-refractivity contribution in [1.29, 1.82) is 0 Å². The summed E-state index contributed by atoms with van der Waals surface area (Å²) < 4.78 is 47.8. The lowest BCUT2D eigenvalue weighted by Crippen LogP contribution is -2.57. The Morgan fingerprint density at radius 1 is 1.19 bits per heavy atom. The third-order valence-corrected chi connectivity index (χ3v) is 3.94. The Morgan fingerprint density at radius 3 is 2.14 bits per heavy atom. The highest BCUT2D eigenvalue weighted by atomic mass is 32.2. The number of thioether (sulfide) groups is 1. The van der Waals surface area contributed by atoms with Crippen molar-refractivity contribution in [2.75, 3.05) is 20.0 Å². The Labute approximate surface area is 121 Å². The van der Waals surface area contributed by atoms with Crippen molar-refractivity contribution in [2.24, 2.45) is 0 Å². The summed E-state index contributed by atoms with van der Waals surface area (Å²) in [4.78, 5) is 34.7. The molecule has 0 radical (unpaired) electrons. The maximum Gasteiger partial charge on any atom is 0.490 e. The van der Waals surface area contributed by atoms with Crippen molar-refractivity contribution in [1.82, 2.24) is 0 Å². The van der Waals surface area contributed by atoms with Crippen LogP contribution in [-0.4, -0.2) is 54.9 Å². The van der Waals surface area contributed by atoms with E-state index in [1.54, 1.807) is 0 Å². The molecule has 0 bridgehead atoms. The molecule has 1 aliphatic rings. The summed E-state index contributed by atoms with van der Waals surface area (Å²) in [7, 11) is 1.91. The normalized spacial score (nSPS) is 20.5. The number of hydrogen-bond donors (Lipinski definition) is 0. The fraction of sp³-hybridized carbons (Fsp3) is 0.545. The molecule has 0 aromatic rings. The molecule has 0 N–H and O–H groups in total. The molecule has 0 saturated heterocycles. The van der Waals surface area contributed by atoms with Gasteiger partial charge in [0.05, 0.1) is 14.2 Å². The second-order valence-corrected chi connectivity index (χ2v) is 5.05. The van der Waals surface area contributed by atoms with Gasteiger partial charge in [-0.05, 0) is 6.08 Å². The minimum atomic E-state index is -5.26. The van der Waals surface area contributed by atoms with E-state index in [-0.39, 0.29) is 5.75 Å². The van der Waals surface area contributed by atoms with E-state index in [0.717, 1.165) is 20.3 Å². The van der Waals surface area contributed by atoms with Gasteiger partial charge in [-0.25, -0.2) is 14.4 Å². The summed E-state index contributed by atoms with van der Waals surface area (Å²) in [6.45, 7) is 0. The van der Waals surface area contributed by atoms with Gasteiger partial charge in [-0.1, -0.05) is 6.08 Å². The minimum absolute atomic E-state index is 0.129. The van der Waals surface area contributed by atoms with Gasteiger partial charge in [0.15, 0.2) is 6.10 Å². The Hall–Kier alpha value is -1.71. The van der Waals surface area contributed by atoms with E-state index >= 15 is 0 Å². The lowest BCUT2D eigenvalue weighted by Gasteiger charge is -2.34. The van der Waals surface area contributed by atoms with E-state index in [1.807, 2.05) is 0 Å². The number of esters is 3. The van der Waals surface area contributed by atoms with E-state index in [4.69, 9.17) is 0 Å². The molecule has 1 rings (SSSR count). The Balaban J connectivity index is 3.20. The van der Waals surface area contributed by atoms with Crippen LogP contribution in [0.15, 0.2) is 12.2 Å². The molecular weight excluding hydrogens is 317 g/mol. The first-order valence-electron chi connectivity index (χ1n) is 5.45.